The number of rotatable bonds is 6. The molecule has 1 aliphatic heterocycles. The molecule has 1 saturated heterocycles. The van der Waals surface area contributed by atoms with Crippen molar-refractivity contribution >= 4 is 17.5 Å². The molecule has 1 amide bonds. The minimum absolute atomic E-state index is 0.126. The molecule has 6 heteroatoms. The number of carbonyl (C=O) groups is 1. The highest BCUT2D eigenvalue weighted by atomic mass is 16.1. The van der Waals surface area contributed by atoms with E-state index in [1.54, 1.807) is 0 Å². The molecule has 1 fully saturated rings. The van der Waals surface area contributed by atoms with Crippen LogP contribution in [0.15, 0.2) is 23.8 Å². The Bertz CT molecular complexity index is 618. The van der Waals surface area contributed by atoms with Gasteiger partial charge in [0.1, 0.15) is 0 Å². The molecule has 142 valence electrons. The van der Waals surface area contributed by atoms with Crippen LogP contribution in [-0.4, -0.2) is 49.8 Å². The van der Waals surface area contributed by atoms with Crippen LogP contribution in [0.1, 0.15) is 44.9 Å². The lowest BCUT2D eigenvalue weighted by molar-refractivity contribution is -0.125. The van der Waals surface area contributed by atoms with Gasteiger partial charge in [0.2, 0.25) is 5.91 Å². The molecule has 1 aromatic rings. The normalized spacial score (nSPS) is 18.4. The summed E-state index contributed by atoms with van der Waals surface area (Å²) in [6, 6.07) is 4.00. The zero-order valence-electron chi connectivity index (χ0n) is 16.1. The SMILES string of the molecule is CN(C)c1ccc(N2CCC(C(=O)NCCC3=CCCCC3)CC2)nn1. The first-order valence-corrected chi connectivity index (χ1v) is 9.85. The number of carbonyl (C=O) groups excluding carboxylic acids is 1. The third-order valence-corrected chi connectivity index (χ3v) is 5.41. The van der Waals surface area contributed by atoms with E-state index in [4.69, 9.17) is 0 Å². The van der Waals surface area contributed by atoms with Crippen molar-refractivity contribution in [2.75, 3.05) is 43.5 Å². The van der Waals surface area contributed by atoms with Gasteiger partial charge in [-0.3, -0.25) is 4.79 Å². The quantitative estimate of drug-likeness (QED) is 0.793. The monoisotopic (exact) mass is 357 g/mol. The molecular formula is C20H31N5O. The number of piperidine rings is 1. The Kier molecular flexibility index (Phi) is 6.47. The smallest absolute Gasteiger partial charge is 0.223 e. The summed E-state index contributed by atoms with van der Waals surface area (Å²) in [4.78, 5) is 16.6. The predicted octanol–water partition coefficient (Wildman–Crippen LogP) is 2.77. The van der Waals surface area contributed by atoms with Gasteiger partial charge in [0, 0.05) is 39.6 Å². The largest absolute Gasteiger partial charge is 0.361 e. The lowest BCUT2D eigenvalue weighted by Gasteiger charge is -2.32. The van der Waals surface area contributed by atoms with Gasteiger partial charge in [-0.1, -0.05) is 11.6 Å². The topological polar surface area (TPSA) is 61.4 Å². The molecule has 1 aromatic heterocycles. The van der Waals surface area contributed by atoms with Crippen molar-refractivity contribution in [1.82, 2.24) is 15.5 Å². The molecule has 1 aliphatic carbocycles. The van der Waals surface area contributed by atoms with Gasteiger partial charge >= 0.3 is 0 Å². The zero-order valence-corrected chi connectivity index (χ0v) is 16.1. The van der Waals surface area contributed by atoms with Crippen LogP contribution in [0.3, 0.4) is 0 Å². The standard InChI is InChI=1S/C20H31N5O/c1-24(2)18-8-9-19(23-22-18)25-14-11-17(12-15-25)20(26)21-13-10-16-6-4-3-5-7-16/h6,8-9,17H,3-5,7,10-15H2,1-2H3,(H,21,26). The summed E-state index contributed by atoms with van der Waals surface area (Å²) in [5.74, 6) is 2.10. The average Bonchev–Trinajstić information content (AvgIpc) is 2.69. The second-order valence-corrected chi connectivity index (χ2v) is 7.55. The number of nitrogens with one attached hydrogen (secondary N) is 1. The number of amides is 1. The summed E-state index contributed by atoms with van der Waals surface area (Å²) < 4.78 is 0. The Morgan fingerprint density at radius 3 is 2.65 bits per heavy atom. The van der Waals surface area contributed by atoms with Gasteiger partial charge in [-0.2, -0.15) is 0 Å². The van der Waals surface area contributed by atoms with E-state index in [-0.39, 0.29) is 11.8 Å². The average molecular weight is 358 g/mol. The number of nitrogens with zero attached hydrogens (tertiary/aromatic N) is 4. The molecule has 0 aromatic carbocycles. The number of aromatic nitrogens is 2. The molecule has 0 atom stereocenters. The van der Waals surface area contributed by atoms with Crippen LogP contribution in [0.2, 0.25) is 0 Å². The van der Waals surface area contributed by atoms with Gasteiger partial charge in [0.25, 0.3) is 0 Å². The van der Waals surface area contributed by atoms with Gasteiger partial charge in [-0.05, 0) is 57.1 Å². The molecule has 6 nitrogen and oxygen atoms in total. The van der Waals surface area contributed by atoms with E-state index in [0.717, 1.165) is 50.5 Å². The Hall–Kier alpha value is -2.11. The van der Waals surface area contributed by atoms with Gasteiger partial charge in [0.15, 0.2) is 11.6 Å². The van der Waals surface area contributed by atoms with Crippen LogP contribution in [0.4, 0.5) is 11.6 Å². The van der Waals surface area contributed by atoms with Crippen LogP contribution in [0, 0.1) is 5.92 Å². The Labute approximate surface area is 156 Å². The second-order valence-electron chi connectivity index (χ2n) is 7.55. The maximum absolute atomic E-state index is 12.4. The number of anilines is 2. The van der Waals surface area contributed by atoms with Gasteiger partial charge < -0.3 is 15.1 Å². The Morgan fingerprint density at radius 1 is 1.23 bits per heavy atom. The van der Waals surface area contributed by atoms with Crippen LogP contribution in [0.25, 0.3) is 0 Å². The van der Waals surface area contributed by atoms with Crippen molar-refractivity contribution in [3.8, 4) is 0 Å². The highest BCUT2D eigenvalue weighted by molar-refractivity contribution is 5.79. The first-order chi connectivity index (χ1) is 12.6. The molecule has 26 heavy (non-hydrogen) atoms. The zero-order chi connectivity index (χ0) is 18.4. The maximum Gasteiger partial charge on any atom is 0.223 e. The van der Waals surface area contributed by atoms with Gasteiger partial charge in [0.05, 0.1) is 0 Å². The van der Waals surface area contributed by atoms with E-state index >= 15 is 0 Å². The first-order valence-electron chi connectivity index (χ1n) is 9.85. The van der Waals surface area contributed by atoms with Crippen molar-refractivity contribution in [1.29, 1.82) is 0 Å². The molecule has 0 spiro atoms. The van der Waals surface area contributed by atoms with Gasteiger partial charge in [-0.25, -0.2) is 0 Å². The first kappa shape index (κ1) is 18.7. The number of hydrogen-bond donors (Lipinski definition) is 1. The maximum atomic E-state index is 12.4. The molecule has 0 saturated carbocycles. The van der Waals surface area contributed by atoms with Crippen molar-refractivity contribution in [2.45, 2.75) is 44.9 Å². The molecule has 0 radical (unpaired) electrons. The van der Waals surface area contributed by atoms with Crippen LogP contribution < -0.4 is 15.1 Å². The fourth-order valence-corrected chi connectivity index (χ4v) is 3.72. The fraction of sp³-hybridized carbons (Fsp3) is 0.650. The highest BCUT2D eigenvalue weighted by Gasteiger charge is 2.25. The second kappa shape index (κ2) is 9.01. The van der Waals surface area contributed by atoms with E-state index in [1.807, 2.05) is 31.1 Å². The van der Waals surface area contributed by atoms with E-state index in [0.29, 0.717) is 0 Å². The van der Waals surface area contributed by atoms with E-state index in [9.17, 15) is 4.79 Å². The third kappa shape index (κ3) is 4.96. The van der Waals surface area contributed by atoms with Crippen molar-refractivity contribution in [3.63, 3.8) is 0 Å². The highest BCUT2D eigenvalue weighted by Crippen LogP contribution is 2.23. The van der Waals surface area contributed by atoms with E-state index in [2.05, 4.69) is 26.5 Å². The van der Waals surface area contributed by atoms with E-state index in [1.165, 1.54) is 31.3 Å². The summed E-state index contributed by atoms with van der Waals surface area (Å²) in [7, 11) is 3.91. The summed E-state index contributed by atoms with van der Waals surface area (Å²) >= 11 is 0. The predicted molar refractivity (Wildman–Crippen MR) is 105 cm³/mol. The molecule has 3 rings (SSSR count). The summed E-state index contributed by atoms with van der Waals surface area (Å²) in [5.41, 5.74) is 1.52. The summed E-state index contributed by atoms with van der Waals surface area (Å²) in [6.45, 7) is 2.50. The summed E-state index contributed by atoms with van der Waals surface area (Å²) in [6.07, 6.45) is 10.2. The molecule has 2 heterocycles. The van der Waals surface area contributed by atoms with Crippen LogP contribution >= 0.6 is 0 Å². The lowest BCUT2D eigenvalue weighted by Crippen LogP contribution is -2.41. The molecule has 2 aliphatic rings. The van der Waals surface area contributed by atoms with Crippen LogP contribution in [0.5, 0.6) is 0 Å². The number of hydrogen-bond acceptors (Lipinski definition) is 5. The van der Waals surface area contributed by atoms with Crippen molar-refractivity contribution < 1.29 is 4.79 Å². The third-order valence-electron chi connectivity index (χ3n) is 5.41. The Balaban J connectivity index is 1.41. The molecule has 1 N–H and O–H groups in total. The lowest BCUT2D eigenvalue weighted by atomic mass is 9.95. The number of allylic oxidation sites excluding steroid dienone is 1. The minimum Gasteiger partial charge on any atom is -0.361 e. The fourth-order valence-electron chi connectivity index (χ4n) is 3.72. The van der Waals surface area contributed by atoms with Crippen LogP contribution in [-0.2, 0) is 4.79 Å². The molecule has 0 unspecified atom stereocenters. The Morgan fingerprint density at radius 2 is 2.04 bits per heavy atom. The van der Waals surface area contributed by atoms with Gasteiger partial charge in [-0.15, -0.1) is 10.2 Å². The van der Waals surface area contributed by atoms with Crippen molar-refractivity contribution in [2.24, 2.45) is 5.92 Å². The minimum atomic E-state index is 0.126. The van der Waals surface area contributed by atoms with E-state index < -0.39 is 0 Å². The molecule has 0 bridgehead atoms. The summed E-state index contributed by atoms with van der Waals surface area (Å²) in [5, 5.41) is 11.7. The molecular weight excluding hydrogens is 326 g/mol. The van der Waals surface area contributed by atoms with Crippen molar-refractivity contribution in [3.05, 3.63) is 23.8 Å².